The lowest BCUT2D eigenvalue weighted by Gasteiger charge is -2.35. The highest BCUT2D eigenvalue weighted by molar-refractivity contribution is 6.38. The Kier molecular flexibility index (Phi) is 11.2. The summed E-state index contributed by atoms with van der Waals surface area (Å²) in [5.74, 6) is -3.44. The number of alkyl carbamates (subject to hydrolysis) is 1. The van der Waals surface area contributed by atoms with Gasteiger partial charge in [0.2, 0.25) is 17.6 Å². The first kappa shape index (κ1) is 37.9. The number of carbonyl (C=O) groups is 5. The first-order valence-corrected chi connectivity index (χ1v) is 17.0. The summed E-state index contributed by atoms with van der Waals surface area (Å²) in [6.07, 6.45) is -2.16. The summed E-state index contributed by atoms with van der Waals surface area (Å²) in [4.78, 5) is 74.4. The summed E-state index contributed by atoms with van der Waals surface area (Å²) >= 11 is 0. The zero-order chi connectivity index (χ0) is 37.1. The highest BCUT2D eigenvalue weighted by Gasteiger charge is 2.54. The molecule has 3 fully saturated rings. The van der Waals surface area contributed by atoms with E-state index in [1.807, 2.05) is 0 Å². The molecule has 17 heteroatoms. The topological polar surface area (TPSA) is 174 Å². The van der Waals surface area contributed by atoms with Gasteiger partial charge in [0.15, 0.2) is 0 Å². The van der Waals surface area contributed by atoms with Crippen LogP contribution in [0.5, 0.6) is 5.75 Å². The Morgan fingerprint density at radius 2 is 1.84 bits per heavy atom. The minimum absolute atomic E-state index is 0.0781. The quantitative estimate of drug-likeness (QED) is 0.235. The smallest absolute Gasteiger partial charge is 0.444 e. The fraction of sp³-hybridized carbons (Fsp3) is 0.618. The number of rotatable bonds is 12. The van der Waals surface area contributed by atoms with Gasteiger partial charge in [-0.3, -0.25) is 29.5 Å². The third kappa shape index (κ3) is 9.70. The Bertz CT molecular complexity index is 1540. The number of hydrogen-bond donors (Lipinski definition) is 4. The zero-order valence-corrected chi connectivity index (χ0v) is 28.9. The van der Waals surface area contributed by atoms with Gasteiger partial charge < -0.3 is 35.1 Å². The van der Waals surface area contributed by atoms with E-state index < -0.39 is 77.0 Å². The molecule has 0 bridgehead atoms. The molecule has 0 unspecified atom stereocenters. The molecule has 4 aliphatic rings. The molecule has 14 nitrogen and oxygen atoms in total. The molecule has 5 atom stereocenters. The fourth-order valence-corrected chi connectivity index (χ4v) is 6.22. The Hall–Kier alpha value is -4.38. The normalized spacial score (nSPS) is 24.3. The van der Waals surface area contributed by atoms with Gasteiger partial charge in [-0.2, -0.15) is 0 Å². The highest BCUT2D eigenvalue weighted by atomic mass is 19.4. The first-order chi connectivity index (χ1) is 24.0. The predicted octanol–water partition coefficient (Wildman–Crippen LogP) is 2.86. The van der Waals surface area contributed by atoms with Crippen molar-refractivity contribution in [3.05, 3.63) is 35.9 Å². The van der Waals surface area contributed by atoms with Crippen molar-refractivity contribution in [1.82, 2.24) is 26.3 Å². The Morgan fingerprint density at radius 1 is 1.10 bits per heavy atom. The van der Waals surface area contributed by atoms with E-state index in [9.17, 15) is 37.1 Å². The number of Topliss-reactive ketones (excluding diaryl/α,β-unsaturated/α-hetero) is 1. The largest absolute Gasteiger partial charge is 0.573 e. The van der Waals surface area contributed by atoms with Crippen LogP contribution < -0.4 is 26.2 Å². The van der Waals surface area contributed by atoms with Crippen LogP contribution in [0.15, 0.2) is 30.3 Å². The van der Waals surface area contributed by atoms with Crippen LogP contribution in [-0.4, -0.2) is 96.5 Å². The van der Waals surface area contributed by atoms with Crippen molar-refractivity contribution in [2.24, 2.45) is 5.41 Å². The first-order valence-electron chi connectivity index (χ1n) is 17.0. The second-order valence-corrected chi connectivity index (χ2v) is 14.4. The van der Waals surface area contributed by atoms with Gasteiger partial charge in [0.05, 0.1) is 31.5 Å². The lowest BCUT2D eigenvalue weighted by Crippen LogP contribution is -2.59. The van der Waals surface area contributed by atoms with Gasteiger partial charge in [0, 0.05) is 24.4 Å². The molecular weight excluding hydrogens is 679 g/mol. The molecule has 1 saturated carbocycles. The molecule has 5 rings (SSSR count). The molecule has 2 saturated heterocycles. The number of benzene rings is 1. The van der Waals surface area contributed by atoms with Gasteiger partial charge in [0.25, 0.3) is 5.91 Å². The number of alkyl halides is 3. The van der Waals surface area contributed by atoms with Crippen LogP contribution in [0.4, 0.5) is 18.0 Å². The molecule has 0 radical (unpaired) electrons. The number of nitrogens with zero attached hydrogens (tertiary/aromatic N) is 1. The van der Waals surface area contributed by atoms with Crippen molar-refractivity contribution >= 4 is 35.3 Å². The van der Waals surface area contributed by atoms with E-state index in [-0.39, 0.29) is 43.3 Å². The molecule has 4 N–H and O–H groups in total. The van der Waals surface area contributed by atoms with Gasteiger partial charge >= 0.3 is 12.5 Å². The number of halogens is 3. The molecule has 3 aliphatic heterocycles. The van der Waals surface area contributed by atoms with Crippen LogP contribution in [0.1, 0.15) is 71.8 Å². The molecule has 51 heavy (non-hydrogen) atoms. The molecule has 1 aliphatic carbocycles. The SMILES string of the molecule is CCC[C@H](NC(=O)[C@@H]1C[C@]2(C=C(c3cccc(OC(F)(F)F)c3)NO2)CN1C(=O)[C@@H](NC(=O)O[C@H]1CCOC1)C(C)(C)C)C(=O)C(=O)NC1CC1. The third-order valence-corrected chi connectivity index (χ3v) is 8.97. The Labute approximate surface area is 293 Å². The van der Waals surface area contributed by atoms with Crippen molar-refractivity contribution in [2.45, 2.75) is 108 Å². The Morgan fingerprint density at radius 3 is 2.47 bits per heavy atom. The molecule has 1 spiro atoms. The fourth-order valence-electron chi connectivity index (χ4n) is 6.22. The second-order valence-electron chi connectivity index (χ2n) is 14.4. The number of likely N-dealkylation sites (tertiary alicyclic amines) is 1. The van der Waals surface area contributed by atoms with E-state index in [2.05, 4.69) is 26.2 Å². The van der Waals surface area contributed by atoms with E-state index in [0.717, 1.165) is 25.0 Å². The summed E-state index contributed by atoms with van der Waals surface area (Å²) < 4.78 is 53.5. The van der Waals surface area contributed by atoms with Crippen LogP contribution in [0.2, 0.25) is 0 Å². The summed E-state index contributed by atoms with van der Waals surface area (Å²) in [6.45, 7) is 7.41. The maximum atomic E-state index is 14.4. The molecule has 0 aromatic heterocycles. The summed E-state index contributed by atoms with van der Waals surface area (Å²) in [5.41, 5.74) is 1.02. The maximum absolute atomic E-state index is 14.4. The van der Waals surface area contributed by atoms with Crippen LogP contribution in [0.3, 0.4) is 0 Å². The molecule has 4 amide bonds. The average molecular weight is 724 g/mol. The average Bonchev–Trinajstić information content (AvgIpc) is 3.40. The minimum atomic E-state index is -4.91. The summed E-state index contributed by atoms with van der Waals surface area (Å²) in [7, 11) is 0. The van der Waals surface area contributed by atoms with E-state index in [1.165, 1.54) is 17.0 Å². The summed E-state index contributed by atoms with van der Waals surface area (Å²) in [6, 6.07) is 1.51. The third-order valence-electron chi connectivity index (χ3n) is 8.97. The van der Waals surface area contributed by atoms with Gasteiger partial charge in [0.1, 0.15) is 29.5 Å². The van der Waals surface area contributed by atoms with E-state index in [4.69, 9.17) is 14.3 Å². The molecule has 1 aromatic rings. The number of carbonyl (C=O) groups excluding carboxylic acids is 5. The second kappa shape index (κ2) is 15.1. The van der Waals surface area contributed by atoms with Crippen molar-refractivity contribution in [3.8, 4) is 5.75 Å². The van der Waals surface area contributed by atoms with Crippen molar-refractivity contribution in [2.75, 3.05) is 19.8 Å². The number of hydroxylamine groups is 1. The minimum Gasteiger partial charge on any atom is -0.444 e. The lowest BCUT2D eigenvalue weighted by atomic mass is 9.85. The van der Waals surface area contributed by atoms with E-state index in [1.54, 1.807) is 33.8 Å². The van der Waals surface area contributed by atoms with Crippen molar-refractivity contribution < 1.29 is 56.2 Å². The lowest BCUT2D eigenvalue weighted by molar-refractivity contribution is -0.274. The van der Waals surface area contributed by atoms with Crippen LogP contribution in [0, 0.1) is 5.41 Å². The maximum Gasteiger partial charge on any atom is 0.573 e. The van der Waals surface area contributed by atoms with Crippen LogP contribution >= 0.6 is 0 Å². The predicted molar refractivity (Wildman–Crippen MR) is 173 cm³/mol. The van der Waals surface area contributed by atoms with Gasteiger partial charge in [-0.25, -0.2) is 4.79 Å². The zero-order valence-electron chi connectivity index (χ0n) is 28.9. The number of nitrogens with one attached hydrogen (secondary N) is 4. The molecule has 3 heterocycles. The van der Waals surface area contributed by atoms with Gasteiger partial charge in [-0.15, -0.1) is 13.2 Å². The highest BCUT2D eigenvalue weighted by Crippen LogP contribution is 2.39. The summed E-state index contributed by atoms with van der Waals surface area (Å²) in [5, 5.41) is 7.97. The van der Waals surface area contributed by atoms with E-state index in [0.29, 0.717) is 19.4 Å². The number of ketones is 1. The van der Waals surface area contributed by atoms with Gasteiger partial charge in [-0.1, -0.05) is 46.2 Å². The monoisotopic (exact) mass is 723 g/mol. The standard InChI is InChI=1S/C34H44F3N5O9/c1-5-7-23(26(43)29(45)38-20-10-11-20)39-28(44)25-16-33(15-24(41-51-33)19-8-6-9-21(14-19)50-34(35,36)37)18-42(25)30(46)27(32(2,3)4)40-31(47)49-22-12-13-48-17-22/h6,8-9,14-15,20,22-23,25,27,41H,5,7,10-13,16-18H2,1-4H3,(H,38,45)(H,39,44)(H,40,47)/t22-,23-,25-,27+,33+/m0/s1. The molecule has 1 aromatic carbocycles. The molecule has 280 valence electrons. The van der Waals surface area contributed by atoms with Crippen molar-refractivity contribution in [1.29, 1.82) is 0 Å². The number of hydrogen-bond acceptors (Lipinski definition) is 10. The van der Waals surface area contributed by atoms with Crippen LogP contribution in [0.25, 0.3) is 5.70 Å². The van der Waals surface area contributed by atoms with Gasteiger partial charge in [-0.05, 0) is 42.9 Å². The molecular formula is C34H44F3N5O9. The van der Waals surface area contributed by atoms with E-state index >= 15 is 0 Å². The Balaban J connectivity index is 1.42. The number of amides is 4. The number of ether oxygens (including phenoxy) is 3. The van der Waals surface area contributed by atoms with Crippen LogP contribution in [-0.2, 0) is 33.5 Å². The van der Waals surface area contributed by atoms with Crippen molar-refractivity contribution in [3.63, 3.8) is 0 Å².